The van der Waals surface area contributed by atoms with Crippen LogP contribution in [0.4, 0.5) is 0 Å². The van der Waals surface area contributed by atoms with Gasteiger partial charge in [-0.2, -0.15) is 0 Å². The van der Waals surface area contributed by atoms with Crippen molar-refractivity contribution in [2.75, 3.05) is 0 Å². The summed E-state index contributed by atoms with van der Waals surface area (Å²) in [6.45, 7) is 10.5. The molecule has 0 heterocycles. The highest BCUT2D eigenvalue weighted by Crippen LogP contribution is 2.67. The minimum absolute atomic E-state index is 0.339. The summed E-state index contributed by atoms with van der Waals surface area (Å²) in [5.41, 5.74) is 19.3. The highest BCUT2D eigenvalue weighted by Gasteiger charge is 2.55. The van der Waals surface area contributed by atoms with Crippen LogP contribution in [0.1, 0.15) is 80.2 Å². The Bertz CT molecular complexity index is 3570. The van der Waals surface area contributed by atoms with Crippen molar-refractivity contribution in [3.63, 3.8) is 0 Å². The molecule has 1 unspecified atom stereocenters. The molecule has 0 bridgehead atoms. The predicted octanol–water partition coefficient (Wildman–Crippen LogP) is 15.5. The summed E-state index contributed by atoms with van der Waals surface area (Å²) in [6.07, 6.45) is 11.4. The van der Waals surface area contributed by atoms with E-state index in [1.165, 1.54) is 133 Å². The smallest absolute Gasteiger partial charge is 0.0697 e. The molecule has 0 saturated heterocycles. The lowest BCUT2D eigenvalue weighted by Gasteiger charge is -2.36. The van der Waals surface area contributed by atoms with E-state index in [1.807, 2.05) is 13.8 Å². The summed E-state index contributed by atoms with van der Waals surface area (Å²) in [7, 11) is 0. The monoisotopic (exact) mass is 794 g/mol. The fraction of sp³-hybridized carbons (Fsp3) is 0.161. The summed E-state index contributed by atoms with van der Waals surface area (Å²) >= 11 is 0. The second-order valence-corrected chi connectivity index (χ2v) is 17.7. The maximum Gasteiger partial charge on any atom is 0.0697 e. The second kappa shape index (κ2) is 14.1. The van der Waals surface area contributed by atoms with Crippen LogP contribution >= 0.6 is 0 Å². The molecule has 4 aliphatic carbocycles. The lowest BCUT2D eigenvalue weighted by atomic mass is 9.65. The van der Waals surface area contributed by atoms with Gasteiger partial charge in [0.15, 0.2) is 0 Å². The van der Waals surface area contributed by atoms with Crippen molar-refractivity contribution in [2.24, 2.45) is 0 Å². The molecule has 0 radical (unpaired) electrons. The third kappa shape index (κ3) is 4.95. The van der Waals surface area contributed by atoms with Crippen LogP contribution in [0.5, 0.6) is 0 Å². The third-order valence-electron chi connectivity index (χ3n) is 14.8. The van der Waals surface area contributed by atoms with Crippen LogP contribution in [0.25, 0.3) is 93.7 Å². The van der Waals surface area contributed by atoms with Crippen molar-refractivity contribution >= 4 is 60.3 Å². The van der Waals surface area contributed by atoms with Gasteiger partial charge >= 0.3 is 0 Å². The standard InChI is InChI=1S/C60H44.C2H6/c1-3-37-15-12-16-39-28-31-49-43(30-26-36(2)55(49)56(37)39)42-18-13-17-40(34-42)41-29-32-50-52(35-41)45-20-6-7-23-48(45)57-51-33-27-38-14-4-5-19-44(38)58(51)60(59(50)57)53-24-10-8-21-46(53)47-22-9-11-25-54(47)60;1-2/h3-8,10,13-14,16-21,23-24,26-35H,1,9,11-12,15,22,25H2,2H3;1-2H3. The molecule has 4 aliphatic rings. The summed E-state index contributed by atoms with van der Waals surface area (Å²) < 4.78 is 0. The molecule has 9 aromatic rings. The number of rotatable bonds is 3. The molecule has 0 aromatic heterocycles. The Morgan fingerprint density at radius 3 is 2.16 bits per heavy atom. The molecule has 0 saturated carbocycles. The van der Waals surface area contributed by atoms with Crippen LogP contribution in [0.3, 0.4) is 0 Å². The first-order chi connectivity index (χ1) is 30.6. The Labute approximate surface area is 364 Å². The molecule has 0 fully saturated rings. The van der Waals surface area contributed by atoms with E-state index in [1.54, 1.807) is 11.1 Å². The minimum Gasteiger partial charge on any atom is -0.0988 e. The van der Waals surface area contributed by atoms with Crippen molar-refractivity contribution in [2.45, 2.75) is 64.7 Å². The molecule has 0 N–H and O–H groups in total. The van der Waals surface area contributed by atoms with E-state index < -0.39 is 0 Å². The van der Waals surface area contributed by atoms with E-state index in [2.05, 4.69) is 177 Å². The number of benzene rings is 9. The second-order valence-electron chi connectivity index (χ2n) is 17.7. The van der Waals surface area contributed by atoms with Gasteiger partial charge in [-0.1, -0.05) is 172 Å². The van der Waals surface area contributed by atoms with Gasteiger partial charge in [0.1, 0.15) is 0 Å². The molecule has 0 heteroatoms. The summed E-state index contributed by atoms with van der Waals surface area (Å²) in [6, 6.07) is 58.6. The maximum absolute atomic E-state index is 4.22. The largest absolute Gasteiger partial charge is 0.0988 e. The summed E-state index contributed by atoms with van der Waals surface area (Å²) in [4.78, 5) is 0. The number of aryl methyl sites for hydroxylation is 1. The Kier molecular flexibility index (Phi) is 8.45. The van der Waals surface area contributed by atoms with Gasteiger partial charge in [0.05, 0.1) is 5.41 Å². The van der Waals surface area contributed by atoms with Crippen molar-refractivity contribution in [1.29, 1.82) is 0 Å². The van der Waals surface area contributed by atoms with Gasteiger partial charge in [-0.05, 0) is 189 Å². The first kappa shape index (κ1) is 37.0. The Morgan fingerprint density at radius 2 is 1.27 bits per heavy atom. The van der Waals surface area contributed by atoms with Crippen molar-refractivity contribution in [1.82, 2.24) is 0 Å². The molecule has 62 heavy (non-hydrogen) atoms. The van der Waals surface area contributed by atoms with Crippen LogP contribution < -0.4 is 10.4 Å². The lowest BCUT2D eigenvalue weighted by Crippen LogP contribution is -2.30. The van der Waals surface area contributed by atoms with Crippen molar-refractivity contribution in [3.05, 3.63) is 208 Å². The topological polar surface area (TPSA) is 0 Å². The summed E-state index contributed by atoms with van der Waals surface area (Å²) in [5, 5.41) is 13.5. The highest BCUT2D eigenvalue weighted by molar-refractivity contribution is 6.22. The van der Waals surface area contributed by atoms with E-state index in [0.717, 1.165) is 25.7 Å². The van der Waals surface area contributed by atoms with E-state index in [9.17, 15) is 0 Å². The highest BCUT2D eigenvalue weighted by atomic mass is 14.6. The Hall–Kier alpha value is -6.76. The van der Waals surface area contributed by atoms with Crippen LogP contribution in [-0.2, 0) is 5.41 Å². The van der Waals surface area contributed by atoms with Gasteiger partial charge < -0.3 is 0 Å². The first-order valence-corrected chi connectivity index (χ1v) is 23.0. The predicted molar refractivity (Wildman–Crippen MR) is 267 cm³/mol. The lowest BCUT2D eigenvalue weighted by molar-refractivity contribution is 0.647. The van der Waals surface area contributed by atoms with E-state index >= 15 is 0 Å². The SMILES string of the molecule is C=CC1=c2c(ccc3c(-c4cccc(-c5ccc6c7c(c8ccccc8c6c5)-c5ccc6ccccc6c5C75C6=C(CCCC6)c6ccccc65)c4)ccc(C)c23)=CCC1.CC. The third-order valence-corrected chi connectivity index (χ3v) is 14.8. The van der Waals surface area contributed by atoms with Crippen molar-refractivity contribution < 1.29 is 0 Å². The molecule has 0 aliphatic heterocycles. The fourth-order valence-electron chi connectivity index (χ4n) is 12.5. The Morgan fingerprint density at radius 1 is 0.532 bits per heavy atom. The normalized spacial score (nSPS) is 17.0. The average Bonchev–Trinajstić information content (AvgIpc) is 3.82. The quantitative estimate of drug-likeness (QED) is 0.156. The van der Waals surface area contributed by atoms with Gasteiger partial charge in [-0.3, -0.25) is 0 Å². The molecule has 9 aromatic carbocycles. The molecule has 1 atom stereocenters. The molecule has 298 valence electrons. The molecular formula is C62H50. The fourth-order valence-corrected chi connectivity index (χ4v) is 12.5. The number of fused-ring (bicyclic) bond motifs is 19. The molecule has 0 amide bonds. The number of hydrogen-bond donors (Lipinski definition) is 0. The van der Waals surface area contributed by atoms with Gasteiger partial charge in [0.2, 0.25) is 0 Å². The van der Waals surface area contributed by atoms with Crippen LogP contribution in [0.15, 0.2) is 170 Å². The van der Waals surface area contributed by atoms with Crippen molar-refractivity contribution in [3.8, 4) is 33.4 Å². The molecule has 0 nitrogen and oxygen atoms in total. The number of hydrogen-bond acceptors (Lipinski definition) is 0. The van der Waals surface area contributed by atoms with E-state index in [0.29, 0.717) is 0 Å². The van der Waals surface area contributed by atoms with Gasteiger partial charge in [0, 0.05) is 0 Å². The number of allylic oxidation sites excluding steroid dienone is 3. The summed E-state index contributed by atoms with van der Waals surface area (Å²) in [5.74, 6) is 0. The first-order valence-electron chi connectivity index (χ1n) is 23.0. The van der Waals surface area contributed by atoms with Gasteiger partial charge in [0.25, 0.3) is 0 Å². The maximum atomic E-state index is 4.22. The van der Waals surface area contributed by atoms with Crippen LogP contribution in [0, 0.1) is 6.92 Å². The van der Waals surface area contributed by atoms with E-state index in [4.69, 9.17) is 0 Å². The van der Waals surface area contributed by atoms with Crippen LogP contribution in [-0.4, -0.2) is 0 Å². The van der Waals surface area contributed by atoms with Gasteiger partial charge in [-0.25, -0.2) is 0 Å². The molecular weight excluding hydrogens is 745 g/mol. The average molecular weight is 795 g/mol. The molecule has 13 rings (SSSR count). The van der Waals surface area contributed by atoms with Gasteiger partial charge in [-0.15, -0.1) is 0 Å². The zero-order chi connectivity index (χ0) is 41.7. The van der Waals surface area contributed by atoms with E-state index in [-0.39, 0.29) is 5.41 Å². The zero-order valence-electron chi connectivity index (χ0n) is 36.0. The van der Waals surface area contributed by atoms with Crippen LogP contribution in [0.2, 0.25) is 0 Å². The minimum atomic E-state index is -0.339. The Balaban J connectivity index is 0.00000202. The molecule has 1 spiro atoms. The zero-order valence-corrected chi connectivity index (χ0v) is 36.0.